The highest BCUT2D eigenvalue weighted by Crippen LogP contribution is 2.27. The van der Waals surface area contributed by atoms with Crippen molar-refractivity contribution in [1.29, 1.82) is 0 Å². The first-order valence-corrected chi connectivity index (χ1v) is 10.9. The number of nitrogens with zero attached hydrogens (tertiary/aromatic N) is 1. The minimum atomic E-state index is -3.54. The molecule has 0 bridgehead atoms. The number of sulfonamides is 1. The number of benzene rings is 1. The van der Waals surface area contributed by atoms with Crippen LogP contribution in [0.2, 0.25) is 0 Å². The molecule has 1 atom stereocenters. The van der Waals surface area contributed by atoms with E-state index in [1.807, 2.05) is 0 Å². The van der Waals surface area contributed by atoms with Crippen LogP contribution in [-0.2, 0) is 21.4 Å². The Balaban J connectivity index is 1.62. The highest BCUT2D eigenvalue weighted by Gasteiger charge is 2.33. The smallest absolute Gasteiger partial charge is 0.252 e. The summed E-state index contributed by atoms with van der Waals surface area (Å²) in [5, 5.41) is 14.2. The van der Waals surface area contributed by atoms with E-state index in [1.165, 1.54) is 28.8 Å². The van der Waals surface area contributed by atoms with Crippen molar-refractivity contribution in [3.8, 4) is 11.5 Å². The fourth-order valence-electron chi connectivity index (χ4n) is 3.08. The van der Waals surface area contributed by atoms with Crippen LogP contribution in [0.1, 0.15) is 18.4 Å². The summed E-state index contributed by atoms with van der Waals surface area (Å²) in [6.45, 7) is 0.897. The van der Waals surface area contributed by atoms with Gasteiger partial charge in [-0.2, -0.15) is 4.31 Å². The largest absolute Gasteiger partial charge is 0.504 e. The molecule has 1 saturated heterocycles. The lowest BCUT2D eigenvalue weighted by atomic mass is 9.98. The SMILES string of the molecule is COc1cc(CNC(=O)C2CCCN(S(=O)(=O)c3cccs3)C2)ccc1O. The molecule has 1 unspecified atom stereocenters. The van der Waals surface area contributed by atoms with Gasteiger partial charge >= 0.3 is 0 Å². The molecule has 1 fully saturated rings. The molecule has 0 radical (unpaired) electrons. The third kappa shape index (κ3) is 4.42. The number of amides is 1. The van der Waals surface area contributed by atoms with Gasteiger partial charge in [0.1, 0.15) is 4.21 Å². The first-order chi connectivity index (χ1) is 12.9. The molecular weight excluding hydrogens is 388 g/mol. The van der Waals surface area contributed by atoms with Crippen LogP contribution in [0, 0.1) is 5.92 Å². The quantitative estimate of drug-likeness (QED) is 0.761. The van der Waals surface area contributed by atoms with Crippen LogP contribution in [0.15, 0.2) is 39.9 Å². The standard InChI is InChI=1S/C18H22N2O5S2/c1-25-16-10-13(6-7-15(16)21)11-19-18(22)14-4-2-8-20(12-14)27(23,24)17-5-3-9-26-17/h3,5-7,9-10,14,21H,2,4,8,11-12H2,1H3,(H,19,22). The summed E-state index contributed by atoms with van der Waals surface area (Å²) in [7, 11) is -2.08. The Morgan fingerprint density at radius 2 is 2.22 bits per heavy atom. The summed E-state index contributed by atoms with van der Waals surface area (Å²) in [5.74, 6) is -0.178. The minimum absolute atomic E-state index is 0.0364. The van der Waals surface area contributed by atoms with E-state index in [2.05, 4.69) is 5.32 Å². The molecule has 2 N–H and O–H groups in total. The highest BCUT2D eigenvalue weighted by atomic mass is 32.2. The Bertz CT molecular complexity index is 896. The topological polar surface area (TPSA) is 95.9 Å². The molecule has 27 heavy (non-hydrogen) atoms. The Morgan fingerprint density at radius 3 is 2.93 bits per heavy atom. The molecule has 2 aromatic rings. The molecule has 1 aromatic carbocycles. The van der Waals surface area contributed by atoms with Crippen LogP contribution >= 0.6 is 11.3 Å². The van der Waals surface area contributed by atoms with Gasteiger partial charge < -0.3 is 15.2 Å². The second kappa shape index (κ2) is 8.28. The molecule has 146 valence electrons. The number of methoxy groups -OCH3 is 1. The van der Waals surface area contributed by atoms with E-state index < -0.39 is 10.0 Å². The van der Waals surface area contributed by atoms with Gasteiger partial charge in [-0.15, -0.1) is 11.3 Å². The highest BCUT2D eigenvalue weighted by molar-refractivity contribution is 7.91. The van der Waals surface area contributed by atoms with E-state index in [1.54, 1.807) is 29.6 Å². The first-order valence-electron chi connectivity index (χ1n) is 8.59. The number of piperidine rings is 1. The molecule has 9 heteroatoms. The Kier molecular flexibility index (Phi) is 6.03. The number of carbonyl (C=O) groups is 1. The number of phenols is 1. The number of thiophene rings is 1. The van der Waals surface area contributed by atoms with Gasteiger partial charge in [0.25, 0.3) is 10.0 Å². The fraction of sp³-hybridized carbons (Fsp3) is 0.389. The van der Waals surface area contributed by atoms with Crippen molar-refractivity contribution < 1.29 is 23.1 Å². The predicted molar refractivity (Wildman–Crippen MR) is 102 cm³/mol. The molecule has 1 aliphatic heterocycles. The van der Waals surface area contributed by atoms with Gasteiger partial charge in [-0.05, 0) is 42.0 Å². The number of ether oxygens (including phenoxy) is 1. The van der Waals surface area contributed by atoms with Crippen LogP contribution in [0.25, 0.3) is 0 Å². The fourth-order valence-corrected chi connectivity index (χ4v) is 5.75. The van der Waals surface area contributed by atoms with Gasteiger partial charge in [0.15, 0.2) is 11.5 Å². The maximum Gasteiger partial charge on any atom is 0.252 e. The van der Waals surface area contributed by atoms with E-state index in [0.29, 0.717) is 29.3 Å². The van der Waals surface area contributed by atoms with Crippen molar-refractivity contribution in [2.24, 2.45) is 5.92 Å². The Hall–Kier alpha value is -2.10. The first kappa shape index (κ1) is 19.7. The number of hydrogen-bond acceptors (Lipinski definition) is 6. The maximum absolute atomic E-state index is 12.7. The zero-order valence-corrected chi connectivity index (χ0v) is 16.6. The lowest BCUT2D eigenvalue weighted by Gasteiger charge is -2.30. The van der Waals surface area contributed by atoms with Crippen molar-refractivity contribution in [1.82, 2.24) is 9.62 Å². The number of rotatable bonds is 6. The molecule has 0 saturated carbocycles. The average Bonchev–Trinajstić information content (AvgIpc) is 3.23. The third-order valence-electron chi connectivity index (χ3n) is 4.56. The van der Waals surface area contributed by atoms with Crippen LogP contribution in [0.4, 0.5) is 0 Å². The van der Waals surface area contributed by atoms with Gasteiger partial charge in [0, 0.05) is 19.6 Å². The molecule has 3 rings (SSSR count). The number of hydrogen-bond donors (Lipinski definition) is 2. The Labute approximate surface area is 162 Å². The van der Waals surface area contributed by atoms with Crippen molar-refractivity contribution >= 4 is 27.3 Å². The molecule has 2 heterocycles. The van der Waals surface area contributed by atoms with Gasteiger partial charge in [-0.25, -0.2) is 8.42 Å². The molecule has 1 aromatic heterocycles. The van der Waals surface area contributed by atoms with Crippen LogP contribution in [0.5, 0.6) is 11.5 Å². The van der Waals surface area contributed by atoms with Crippen molar-refractivity contribution in [2.45, 2.75) is 23.6 Å². The lowest BCUT2D eigenvalue weighted by molar-refractivity contribution is -0.126. The maximum atomic E-state index is 12.7. The van der Waals surface area contributed by atoms with Crippen LogP contribution < -0.4 is 10.1 Å². The molecule has 0 spiro atoms. The normalized spacial score (nSPS) is 18.2. The van der Waals surface area contributed by atoms with Crippen molar-refractivity contribution in [2.75, 3.05) is 20.2 Å². The molecule has 7 nitrogen and oxygen atoms in total. The van der Waals surface area contributed by atoms with Crippen molar-refractivity contribution in [3.63, 3.8) is 0 Å². The molecular formula is C18H22N2O5S2. The van der Waals surface area contributed by atoms with Gasteiger partial charge in [0.2, 0.25) is 5.91 Å². The second-order valence-electron chi connectivity index (χ2n) is 6.36. The third-order valence-corrected chi connectivity index (χ3v) is 7.79. The van der Waals surface area contributed by atoms with E-state index in [9.17, 15) is 18.3 Å². The van der Waals surface area contributed by atoms with E-state index >= 15 is 0 Å². The van der Waals surface area contributed by atoms with Gasteiger partial charge in [0.05, 0.1) is 13.0 Å². The number of phenolic OH excluding ortho intramolecular Hbond substituents is 1. The lowest BCUT2D eigenvalue weighted by Crippen LogP contribution is -2.45. The summed E-state index contributed by atoms with van der Waals surface area (Å²) in [6.07, 6.45) is 1.30. The summed E-state index contributed by atoms with van der Waals surface area (Å²) in [5.41, 5.74) is 0.789. The monoisotopic (exact) mass is 410 g/mol. The van der Waals surface area contributed by atoms with Crippen molar-refractivity contribution in [3.05, 3.63) is 41.3 Å². The van der Waals surface area contributed by atoms with E-state index in [4.69, 9.17) is 4.74 Å². The number of nitrogens with one attached hydrogen (secondary N) is 1. The van der Waals surface area contributed by atoms with Crippen LogP contribution in [0.3, 0.4) is 0 Å². The van der Waals surface area contributed by atoms with E-state index in [0.717, 1.165) is 5.56 Å². The van der Waals surface area contributed by atoms with E-state index in [-0.39, 0.29) is 30.7 Å². The average molecular weight is 411 g/mol. The minimum Gasteiger partial charge on any atom is -0.504 e. The summed E-state index contributed by atoms with van der Waals surface area (Å²) >= 11 is 1.18. The zero-order chi connectivity index (χ0) is 19.4. The summed E-state index contributed by atoms with van der Waals surface area (Å²) in [6, 6.07) is 8.16. The number of carbonyl (C=O) groups excluding carboxylic acids is 1. The molecule has 0 aliphatic carbocycles. The Morgan fingerprint density at radius 1 is 1.41 bits per heavy atom. The molecule has 1 aliphatic rings. The summed E-state index contributed by atoms with van der Waals surface area (Å²) < 4.78 is 32.1. The molecule has 1 amide bonds. The van der Waals surface area contributed by atoms with Crippen LogP contribution in [-0.4, -0.2) is 43.9 Å². The number of aromatic hydroxyl groups is 1. The van der Waals surface area contributed by atoms with Gasteiger partial charge in [-0.3, -0.25) is 4.79 Å². The second-order valence-corrected chi connectivity index (χ2v) is 9.47. The summed E-state index contributed by atoms with van der Waals surface area (Å²) in [4.78, 5) is 12.5. The zero-order valence-electron chi connectivity index (χ0n) is 14.9. The van der Waals surface area contributed by atoms with Gasteiger partial charge in [-0.1, -0.05) is 12.1 Å². The predicted octanol–water partition coefficient (Wildman–Crippen LogP) is 2.18.